The van der Waals surface area contributed by atoms with Gasteiger partial charge in [0.15, 0.2) is 0 Å². The first-order valence-electron chi connectivity index (χ1n) is 3.37. The van der Waals surface area contributed by atoms with Crippen molar-refractivity contribution in [1.29, 1.82) is 0 Å². The van der Waals surface area contributed by atoms with Crippen molar-refractivity contribution in [2.75, 3.05) is 0 Å². The van der Waals surface area contributed by atoms with E-state index in [-0.39, 0.29) is 23.8 Å². The number of ether oxygens (including phenoxy) is 1. The molecule has 1 heterocycles. The Morgan fingerprint density at radius 1 is 1.20 bits per heavy atom. The maximum Gasteiger partial charge on any atom is 0.316 e. The van der Waals surface area contributed by atoms with Crippen molar-refractivity contribution in [3.8, 4) is 0 Å². The van der Waals surface area contributed by atoms with Crippen LogP contribution in [0.25, 0.3) is 0 Å². The van der Waals surface area contributed by atoms with E-state index in [9.17, 15) is 9.59 Å². The lowest BCUT2D eigenvalue weighted by molar-refractivity contribution is -0.170. The molecule has 0 N–H and O–H groups in total. The molecule has 0 radical (unpaired) electrons. The molecule has 10 heavy (non-hydrogen) atoms. The first kappa shape index (κ1) is 7.25. The normalized spacial score (nSPS) is 33.8. The summed E-state index contributed by atoms with van der Waals surface area (Å²) in [6.45, 7) is 3.54. The van der Waals surface area contributed by atoms with Crippen LogP contribution in [0.15, 0.2) is 0 Å². The minimum absolute atomic E-state index is 0.118. The van der Waals surface area contributed by atoms with Crippen LogP contribution in [-0.4, -0.2) is 11.9 Å². The minimum Gasteiger partial charge on any atom is -0.393 e. The smallest absolute Gasteiger partial charge is 0.316 e. The van der Waals surface area contributed by atoms with E-state index in [4.69, 9.17) is 0 Å². The summed E-state index contributed by atoms with van der Waals surface area (Å²) in [6, 6.07) is 0. The van der Waals surface area contributed by atoms with Gasteiger partial charge >= 0.3 is 11.9 Å². The lowest BCUT2D eigenvalue weighted by Gasteiger charge is -2.20. The molecule has 0 amide bonds. The molecule has 56 valence electrons. The summed E-state index contributed by atoms with van der Waals surface area (Å²) in [5.74, 6) is -1.01. The second-order valence-corrected chi connectivity index (χ2v) is 2.78. The molecule has 1 aliphatic heterocycles. The fraction of sp³-hybridized carbons (Fsp3) is 0.714. The Hall–Kier alpha value is -0.860. The molecule has 2 atom stereocenters. The van der Waals surface area contributed by atoms with E-state index >= 15 is 0 Å². The van der Waals surface area contributed by atoms with Gasteiger partial charge in [-0.1, -0.05) is 13.8 Å². The van der Waals surface area contributed by atoms with Crippen LogP contribution in [-0.2, 0) is 14.3 Å². The van der Waals surface area contributed by atoms with Gasteiger partial charge in [-0.2, -0.15) is 0 Å². The maximum atomic E-state index is 10.7. The molecule has 1 aliphatic rings. The molecule has 1 fully saturated rings. The highest BCUT2D eigenvalue weighted by Gasteiger charge is 2.30. The zero-order chi connectivity index (χ0) is 7.72. The second kappa shape index (κ2) is 2.40. The number of cyclic esters (lactones) is 2. The Kier molecular flexibility index (Phi) is 1.74. The van der Waals surface area contributed by atoms with Crippen molar-refractivity contribution in [1.82, 2.24) is 0 Å². The van der Waals surface area contributed by atoms with Gasteiger partial charge in [-0.3, -0.25) is 9.59 Å². The van der Waals surface area contributed by atoms with Crippen molar-refractivity contribution in [2.24, 2.45) is 11.8 Å². The Bertz CT molecular complexity index is 156. The average Bonchev–Trinajstić information content (AvgIpc) is 1.84. The Balaban J connectivity index is 2.63. The first-order chi connectivity index (χ1) is 4.61. The van der Waals surface area contributed by atoms with Gasteiger partial charge in [-0.05, 0) is 6.42 Å². The van der Waals surface area contributed by atoms with Gasteiger partial charge in [0.05, 0.1) is 11.8 Å². The molecule has 3 nitrogen and oxygen atoms in total. The van der Waals surface area contributed by atoms with Crippen LogP contribution in [0.5, 0.6) is 0 Å². The lowest BCUT2D eigenvalue weighted by Crippen LogP contribution is -2.31. The van der Waals surface area contributed by atoms with E-state index in [1.165, 1.54) is 0 Å². The van der Waals surface area contributed by atoms with Crippen LogP contribution in [0.3, 0.4) is 0 Å². The SMILES string of the molecule is C[C@H]1C[C@H](C)C(=O)OC1=O. The van der Waals surface area contributed by atoms with Crippen LogP contribution >= 0.6 is 0 Å². The first-order valence-corrected chi connectivity index (χ1v) is 3.37. The van der Waals surface area contributed by atoms with Crippen LogP contribution in [0.1, 0.15) is 20.3 Å². The van der Waals surface area contributed by atoms with E-state index in [1.807, 2.05) is 0 Å². The molecule has 3 heteroatoms. The highest BCUT2D eigenvalue weighted by atomic mass is 16.6. The Morgan fingerprint density at radius 2 is 1.60 bits per heavy atom. The molecule has 0 aliphatic carbocycles. The molecule has 1 saturated heterocycles. The van der Waals surface area contributed by atoms with Crippen molar-refractivity contribution in [2.45, 2.75) is 20.3 Å². The predicted molar refractivity (Wildman–Crippen MR) is 34.0 cm³/mol. The number of hydrogen-bond acceptors (Lipinski definition) is 3. The molecule has 0 spiro atoms. The summed E-state index contributed by atoms with van der Waals surface area (Å²) in [7, 11) is 0. The predicted octanol–water partition coefficient (Wildman–Crippen LogP) is 0.732. The number of carbonyl (C=O) groups excluding carboxylic acids is 2. The summed E-state index contributed by atoms with van der Waals surface area (Å²) >= 11 is 0. The van der Waals surface area contributed by atoms with Crippen LogP contribution in [0.4, 0.5) is 0 Å². The van der Waals surface area contributed by atoms with E-state index in [1.54, 1.807) is 13.8 Å². The largest absolute Gasteiger partial charge is 0.393 e. The number of esters is 2. The molecule has 0 saturated carbocycles. The highest BCUT2D eigenvalue weighted by molar-refractivity contribution is 5.90. The number of rotatable bonds is 0. The molecule has 1 rings (SSSR count). The summed E-state index contributed by atoms with van der Waals surface area (Å²) in [4.78, 5) is 21.4. The van der Waals surface area contributed by atoms with Gasteiger partial charge in [0.2, 0.25) is 0 Å². The van der Waals surface area contributed by atoms with E-state index in [0.717, 1.165) is 0 Å². The third-order valence-electron chi connectivity index (χ3n) is 1.71. The lowest BCUT2D eigenvalue weighted by atomic mass is 9.95. The topological polar surface area (TPSA) is 43.4 Å². The molecule has 0 aromatic rings. The van der Waals surface area contributed by atoms with E-state index in [2.05, 4.69) is 4.74 Å². The molecule has 0 unspecified atom stereocenters. The molecular weight excluding hydrogens is 132 g/mol. The van der Waals surface area contributed by atoms with E-state index < -0.39 is 0 Å². The van der Waals surface area contributed by atoms with Gasteiger partial charge in [-0.15, -0.1) is 0 Å². The van der Waals surface area contributed by atoms with Crippen LogP contribution in [0, 0.1) is 11.8 Å². The summed E-state index contributed by atoms with van der Waals surface area (Å²) in [5.41, 5.74) is 0. The third kappa shape index (κ3) is 1.17. The third-order valence-corrected chi connectivity index (χ3v) is 1.71. The van der Waals surface area contributed by atoms with E-state index in [0.29, 0.717) is 6.42 Å². The minimum atomic E-state index is -0.386. The molecule has 0 bridgehead atoms. The van der Waals surface area contributed by atoms with Gasteiger partial charge in [0, 0.05) is 0 Å². The molecular formula is C7H10O3. The highest BCUT2D eigenvalue weighted by Crippen LogP contribution is 2.20. The van der Waals surface area contributed by atoms with Gasteiger partial charge in [0.25, 0.3) is 0 Å². The van der Waals surface area contributed by atoms with Crippen molar-refractivity contribution >= 4 is 11.9 Å². The fourth-order valence-electron chi connectivity index (χ4n) is 1.02. The van der Waals surface area contributed by atoms with Crippen LogP contribution < -0.4 is 0 Å². The van der Waals surface area contributed by atoms with Gasteiger partial charge < -0.3 is 4.74 Å². The van der Waals surface area contributed by atoms with Gasteiger partial charge in [-0.25, -0.2) is 0 Å². The number of carbonyl (C=O) groups is 2. The molecule has 0 aromatic carbocycles. The number of hydrogen-bond donors (Lipinski definition) is 0. The van der Waals surface area contributed by atoms with Gasteiger partial charge in [0.1, 0.15) is 0 Å². The van der Waals surface area contributed by atoms with Crippen molar-refractivity contribution in [3.63, 3.8) is 0 Å². The fourth-order valence-corrected chi connectivity index (χ4v) is 1.02. The van der Waals surface area contributed by atoms with Crippen molar-refractivity contribution < 1.29 is 14.3 Å². The average molecular weight is 142 g/mol. The zero-order valence-electron chi connectivity index (χ0n) is 6.09. The van der Waals surface area contributed by atoms with Crippen LogP contribution in [0.2, 0.25) is 0 Å². The van der Waals surface area contributed by atoms with Crippen molar-refractivity contribution in [3.05, 3.63) is 0 Å². The Morgan fingerprint density at radius 3 is 1.90 bits per heavy atom. The Labute approximate surface area is 59.4 Å². The summed E-state index contributed by atoms with van der Waals surface area (Å²) in [6.07, 6.45) is 0.623. The summed E-state index contributed by atoms with van der Waals surface area (Å²) < 4.78 is 4.43. The zero-order valence-corrected chi connectivity index (χ0v) is 6.09. The second-order valence-electron chi connectivity index (χ2n) is 2.78. The summed E-state index contributed by atoms with van der Waals surface area (Å²) in [5, 5.41) is 0. The maximum absolute atomic E-state index is 10.7. The standard InChI is InChI=1S/C7H10O3/c1-4-3-5(2)7(9)10-6(4)8/h4-5H,3H2,1-2H3/t4-,5-/m0/s1. The monoisotopic (exact) mass is 142 g/mol. The quantitative estimate of drug-likeness (QED) is 0.370. The molecule has 0 aromatic heterocycles.